The Bertz CT molecular complexity index is 523. The van der Waals surface area contributed by atoms with Gasteiger partial charge in [-0.05, 0) is 40.0 Å². The van der Waals surface area contributed by atoms with Crippen LogP contribution < -0.4 is 0 Å². The molecular formula is C15H24N4O3. The fourth-order valence-electron chi connectivity index (χ4n) is 3.43. The van der Waals surface area contributed by atoms with Crippen molar-refractivity contribution in [3.8, 4) is 0 Å². The van der Waals surface area contributed by atoms with Gasteiger partial charge in [-0.15, -0.1) is 0 Å². The number of aryl methyl sites for hydroxylation is 1. The third kappa shape index (κ3) is 2.82. The maximum Gasteiger partial charge on any atom is 0.321 e. The van der Waals surface area contributed by atoms with E-state index < -0.39 is 0 Å². The molecule has 0 aliphatic carbocycles. The van der Waals surface area contributed by atoms with Crippen LogP contribution in [0.5, 0.6) is 0 Å². The van der Waals surface area contributed by atoms with Crippen molar-refractivity contribution in [1.29, 1.82) is 0 Å². The molecule has 2 fully saturated rings. The highest BCUT2D eigenvalue weighted by Gasteiger charge is 2.38. The number of morpholine rings is 1. The van der Waals surface area contributed by atoms with Crippen LogP contribution in [0.3, 0.4) is 0 Å². The van der Waals surface area contributed by atoms with E-state index in [4.69, 9.17) is 9.26 Å². The van der Waals surface area contributed by atoms with Crippen LogP contribution >= 0.6 is 0 Å². The lowest BCUT2D eigenvalue weighted by molar-refractivity contribution is -0.0159. The summed E-state index contributed by atoms with van der Waals surface area (Å²) in [7, 11) is 0. The number of piperidine rings is 1. The number of likely N-dealkylation sites (tertiary alicyclic amines) is 1. The van der Waals surface area contributed by atoms with Gasteiger partial charge in [-0.1, -0.05) is 5.16 Å². The molecular weight excluding hydrogens is 284 g/mol. The molecule has 1 aromatic heterocycles. The van der Waals surface area contributed by atoms with Crippen LogP contribution in [0.25, 0.3) is 0 Å². The molecule has 2 aliphatic rings. The van der Waals surface area contributed by atoms with E-state index in [0.29, 0.717) is 31.5 Å². The van der Waals surface area contributed by atoms with Crippen molar-refractivity contribution < 1.29 is 14.1 Å². The molecule has 0 aromatic carbocycles. The van der Waals surface area contributed by atoms with Gasteiger partial charge in [0, 0.05) is 18.6 Å². The molecule has 2 saturated heterocycles. The molecule has 22 heavy (non-hydrogen) atoms. The molecule has 2 aliphatic heterocycles. The van der Waals surface area contributed by atoms with E-state index in [1.54, 1.807) is 6.92 Å². The highest BCUT2D eigenvalue weighted by molar-refractivity contribution is 5.76. The van der Waals surface area contributed by atoms with E-state index in [1.807, 2.05) is 9.80 Å². The maximum absolute atomic E-state index is 13.1. The molecule has 0 bridgehead atoms. The third-order valence-electron chi connectivity index (χ3n) is 4.62. The van der Waals surface area contributed by atoms with Crippen molar-refractivity contribution in [1.82, 2.24) is 19.9 Å². The predicted molar refractivity (Wildman–Crippen MR) is 79.3 cm³/mol. The highest BCUT2D eigenvalue weighted by Crippen LogP contribution is 2.29. The normalized spacial score (nSPS) is 29.7. The number of carbonyl (C=O) groups excluding carboxylic acids is 1. The molecule has 3 atom stereocenters. The van der Waals surface area contributed by atoms with Crippen molar-refractivity contribution in [3.05, 3.63) is 11.7 Å². The topological polar surface area (TPSA) is 71.7 Å². The Morgan fingerprint density at radius 3 is 2.64 bits per heavy atom. The third-order valence-corrected chi connectivity index (χ3v) is 4.62. The van der Waals surface area contributed by atoms with Crippen LogP contribution in [-0.4, -0.2) is 57.8 Å². The van der Waals surface area contributed by atoms with Gasteiger partial charge in [0.2, 0.25) is 0 Å². The zero-order valence-electron chi connectivity index (χ0n) is 13.5. The number of ether oxygens (including phenoxy) is 1. The van der Waals surface area contributed by atoms with Crippen LogP contribution in [0.4, 0.5) is 4.79 Å². The minimum absolute atomic E-state index is 0.0591. The van der Waals surface area contributed by atoms with Crippen LogP contribution in [0.15, 0.2) is 4.52 Å². The Balaban J connectivity index is 1.82. The van der Waals surface area contributed by atoms with Crippen LogP contribution in [0.1, 0.15) is 50.9 Å². The first kappa shape index (κ1) is 15.3. The number of rotatable bonds is 1. The zero-order chi connectivity index (χ0) is 15.7. The first-order chi connectivity index (χ1) is 10.6. The Hall–Kier alpha value is -1.63. The lowest BCUT2D eigenvalue weighted by Crippen LogP contribution is -2.56. The van der Waals surface area contributed by atoms with Crippen LogP contribution in [0.2, 0.25) is 0 Å². The van der Waals surface area contributed by atoms with Crippen LogP contribution in [0, 0.1) is 6.92 Å². The van der Waals surface area contributed by atoms with E-state index in [9.17, 15) is 4.79 Å². The number of urea groups is 1. The molecule has 0 unspecified atom stereocenters. The second kappa shape index (κ2) is 6.24. The van der Waals surface area contributed by atoms with Crippen molar-refractivity contribution in [3.63, 3.8) is 0 Å². The smallest absolute Gasteiger partial charge is 0.321 e. The zero-order valence-corrected chi connectivity index (χ0v) is 13.5. The first-order valence-corrected chi connectivity index (χ1v) is 8.05. The van der Waals surface area contributed by atoms with E-state index in [1.165, 1.54) is 6.42 Å². The molecule has 0 radical (unpaired) electrons. The molecule has 7 heteroatoms. The Kier molecular flexibility index (Phi) is 4.33. The summed E-state index contributed by atoms with van der Waals surface area (Å²) >= 11 is 0. The van der Waals surface area contributed by atoms with Crippen LogP contribution in [-0.2, 0) is 4.74 Å². The van der Waals surface area contributed by atoms with Gasteiger partial charge >= 0.3 is 6.03 Å². The molecule has 7 nitrogen and oxygen atoms in total. The molecule has 122 valence electrons. The van der Waals surface area contributed by atoms with E-state index in [-0.39, 0.29) is 24.2 Å². The quantitative estimate of drug-likeness (QED) is 0.795. The lowest BCUT2D eigenvalue weighted by Gasteiger charge is -2.44. The van der Waals surface area contributed by atoms with Gasteiger partial charge in [0.15, 0.2) is 5.82 Å². The fraction of sp³-hybridized carbons (Fsp3) is 0.800. The van der Waals surface area contributed by atoms with Gasteiger partial charge < -0.3 is 19.1 Å². The van der Waals surface area contributed by atoms with E-state index >= 15 is 0 Å². The van der Waals surface area contributed by atoms with Crippen molar-refractivity contribution in [2.75, 3.05) is 19.8 Å². The number of aromatic nitrogens is 2. The predicted octanol–water partition coefficient (Wildman–Crippen LogP) is 2.13. The van der Waals surface area contributed by atoms with Gasteiger partial charge in [0.1, 0.15) is 6.04 Å². The number of nitrogens with zero attached hydrogens (tertiary/aromatic N) is 4. The van der Waals surface area contributed by atoms with Gasteiger partial charge in [0.05, 0.1) is 13.2 Å². The molecule has 1 aromatic rings. The standard InChI is InChI=1S/C15H24N4O3/c1-10-5-4-6-11(2)19(10)15(20)18-7-8-21-9-13(18)14-16-12(3)17-22-14/h10-11,13H,4-9H2,1-3H3/t10-,11-,13+/m1/s1. The largest absolute Gasteiger partial charge is 0.377 e. The summed E-state index contributed by atoms with van der Waals surface area (Å²) in [6.45, 7) is 7.54. The minimum Gasteiger partial charge on any atom is -0.377 e. The SMILES string of the molecule is Cc1noc([C@@H]2COCCN2C(=O)N2[C@H](C)CCC[C@H]2C)n1. The summed E-state index contributed by atoms with van der Waals surface area (Å²) in [6, 6.07) is 0.306. The number of hydrogen-bond acceptors (Lipinski definition) is 5. The summed E-state index contributed by atoms with van der Waals surface area (Å²) in [6.07, 6.45) is 3.30. The number of carbonyl (C=O) groups is 1. The monoisotopic (exact) mass is 308 g/mol. The molecule has 0 spiro atoms. The molecule has 0 saturated carbocycles. The molecule has 0 N–H and O–H groups in total. The summed E-state index contributed by atoms with van der Waals surface area (Å²) in [5.41, 5.74) is 0. The second-order valence-corrected chi connectivity index (χ2v) is 6.28. The highest BCUT2D eigenvalue weighted by atomic mass is 16.5. The number of hydrogen-bond donors (Lipinski definition) is 0. The van der Waals surface area contributed by atoms with Gasteiger partial charge in [-0.25, -0.2) is 4.79 Å². The summed E-state index contributed by atoms with van der Waals surface area (Å²) in [4.78, 5) is 21.2. The average molecular weight is 308 g/mol. The summed E-state index contributed by atoms with van der Waals surface area (Å²) in [5, 5.41) is 3.83. The number of amides is 2. The maximum atomic E-state index is 13.1. The van der Waals surface area contributed by atoms with E-state index in [2.05, 4.69) is 24.0 Å². The second-order valence-electron chi connectivity index (χ2n) is 6.28. The Morgan fingerprint density at radius 1 is 1.27 bits per heavy atom. The molecule has 3 rings (SSSR count). The Labute approximate surface area is 130 Å². The molecule has 3 heterocycles. The molecule has 2 amide bonds. The first-order valence-electron chi connectivity index (χ1n) is 8.05. The van der Waals surface area contributed by atoms with Crippen molar-refractivity contribution >= 4 is 6.03 Å². The summed E-state index contributed by atoms with van der Waals surface area (Å²) < 4.78 is 10.8. The average Bonchev–Trinajstić information content (AvgIpc) is 2.93. The Morgan fingerprint density at radius 2 is 2.00 bits per heavy atom. The van der Waals surface area contributed by atoms with Crippen molar-refractivity contribution in [2.45, 2.75) is 58.2 Å². The van der Waals surface area contributed by atoms with Gasteiger partial charge in [-0.3, -0.25) is 0 Å². The summed E-state index contributed by atoms with van der Waals surface area (Å²) in [5.74, 6) is 1.04. The van der Waals surface area contributed by atoms with Crippen molar-refractivity contribution in [2.24, 2.45) is 0 Å². The fourth-order valence-corrected chi connectivity index (χ4v) is 3.43. The van der Waals surface area contributed by atoms with Gasteiger partial charge in [0.25, 0.3) is 5.89 Å². The minimum atomic E-state index is -0.288. The lowest BCUT2D eigenvalue weighted by atomic mass is 9.98. The van der Waals surface area contributed by atoms with Gasteiger partial charge in [-0.2, -0.15) is 4.98 Å². The van der Waals surface area contributed by atoms with E-state index in [0.717, 1.165) is 12.8 Å².